The zero-order valence-corrected chi connectivity index (χ0v) is 10.0. The minimum Gasteiger partial charge on any atom is -0.481 e. The fraction of sp³-hybridized carbons (Fsp3) is 0.167. The van der Waals surface area contributed by atoms with Crippen molar-refractivity contribution in [2.45, 2.75) is 6.42 Å². The fourth-order valence-corrected chi connectivity index (χ4v) is 2.32. The highest BCUT2D eigenvalue weighted by Crippen LogP contribution is 2.17. The minimum absolute atomic E-state index is 0.0702. The molecule has 0 radical (unpaired) electrons. The Hall–Kier alpha value is -1.88. The summed E-state index contributed by atoms with van der Waals surface area (Å²) in [6, 6.07) is 6.92. The summed E-state index contributed by atoms with van der Waals surface area (Å²) in [7, 11) is 1.71. The maximum atomic E-state index is 12.1. The van der Waals surface area contributed by atoms with E-state index in [2.05, 4.69) is 0 Å². The van der Waals surface area contributed by atoms with Gasteiger partial charge in [0.15, 0.2) is 0 Å². The van der Waals surface area contributed by atoms with Gasteiger partial charge in [0, 0.05) is 12.7 Å². The maximum absolute atomic E-state index is 12.1. The van der Waals surface area contributed by atoms with Crippen LogP contribution in [0.5, 0.6) is 0 Å². The Kier molecular flexibility index (Phi) is 3.10. The van der Waals surface area contributed by atoms with E-state index in [9.17, 15) is 9.59 Å². The molecule has 0 saturated heterocycles. The average molecular weight is 249 g/mol. The van der Waals surface area contributed by atoms with Gasteiger partial charge in [0.25, 0.3) is 0 Å². The molecule has 4 nitrogen and oxygen atoms in total. The van der Waals surface area contributed by atoms with Gasteiger partial charge in [-0.3, -0.25) is 9.59 Å². The summed E-state index contributed by atoms with van der Waals surface area (Å²) in [6.45, 7) is 0. The van der Waals surface area contributed by atoms with Crippen molar-refractivity contribution in [1.82, 2.24) is 4.57 Å². The van der Waals surface area contributed by atoms with Gasteiger partial charge in [-0.05, 0) is 23.6 Å². The Bertz CT molecular complexity index is 554. The molecule has 0 aliphatic heterocycles. The molecule has 5 heteroatoms. The molecule has 0 fully saturated rings. The highest BCUT2D eigenvalue weighted by atomic mass is 32.1. The smallest absolute Gasteiger partial charge is 0.309 e. The molecule has 2 heterocycles. The molecule has 17 heavy (non-hydrogen) atoms. The van der Waals surface area contributed by atoms with Crippen molar-refractivity contribution in [2.24, 2.45) is 7.05 Å². The van der Waals surface area contributed by atoms with Crippen LogP contribution in [0.25, 0.3) is 0 Å². The number of carboxylic acid groups (broad SMARTS) is 1. The van der Waals surface area contributed by atoms with Crippen molar-refractivity contribution in [1.29, 1.82) is 0 Å². The van der Waals surface area contributed by atoms with E-state index in [1.165, 1.54) is 11.3 Å². The van der Waals surface area contributed by atoms with E-state index in [4.69, 9.17) is 5.11 Å². The summed E-state index contributed by atoms with van der Waals surface area (Å²) in [6.07, 6.45) is -0.0752. The molecule has 1 N–H and O–H groups in total. The lowest BCUT2D eigenvalue weighted by atomic mass is 10.2. The van der Waals surface area contributed by atoms with Gasteiger partial charge in [0.2, 0.25) is 5.78 Å². The van der Waals surface area contributed by atoms with Gasteiger partial charge in [0.1, 0.15) is 0 Å². The Balaban J connectivity index is 2.31. The molecule has 0 spiro atoms. The summed E-state index contributed by atoms with van der Waals surface area (Å²) < 4.78 is 1.64. The molecule has 0 amide bonds. The number of hydrogen-bond acceptors (Lipinski definition) is 3. The average Bonchev–Trinajstić information content (AvgIpc) is 2.88. The number of rotatable bonds is 4. The first-order chi connectivity index (χ1) is 8.09. The monoisotopic (exact) mass is 249 g/mol. The molecule has 0 saturated carbocycles. The zero-order valence-electron chi connectivity index (χ0n) is 9.21. The van der Waals surface area contributed by atoms with Gasteiger partial charge in [-0.25, -0.2) is 0 Å². The van der Waals surface area contributed by atoms with E-state index >= 15 is 0 Å². The van der Waals surface area contributed by atoms with E-state index in [0.717, 1.165) is 0 Å². The quantitative estimate of drug-likeness (QED) is 0.842. The van der Waals surface area contributed by atoms with Crippen LogP contribution < -0.4 is 0 Å². The summed E-state index contributed by atoms with van der Waals surface area (Å²) in [5.74, 6) is -0.972. The summed E-state index contributed by atoms with van der Waals surface area (Å²) in [5.41, 5.74) is 1.14. The maximum Gasteiger partial charge on any atom is 0.309 e. The van der Waals surface area contributed by atoms with Crippen LogP contribution in [-0.2, 0) is 18.3 Å². The molecular weight excluding hydrogens is 238 g/mol. The molecule has 2 aromatic heterocycles. The van der Waals surface area contributed by atoms with Crippen molar-refractivity contribution < 1.29 is 14.7 Å². The van der Waals surface area contributed by atoms with E-state index in [-0.39, 0.29) is 12.2 Å². The van der Waals surface area contributed by atoms with Gasteiger partial charge in [0.05, 0.1) is 17.0 Å². The molecule has 88 valence electrons. The van der Waals surface area contributed by atoms with Crippen LogP contribution in [0.15, 0.2) is 29.6 Å². The molecule has 0 aromatic carbocycles. The van der Waals surface area contributed by atoms with Gasteiger partial charge >= 0.3 is 5.97 Å². The summed E-state index contributed by atoms with van der Waals surface area (Å²) in [5, 5.41) is 10.6. The van der Waals surface area contributed by atoms with Crippen LogP contribution in [0.1, 0.15) is 21.1 Å². The minimum atomic E-state index is -0.902. The SMILES string of the molecule is Cn1c(CC(=O)O)ccc1C(=O)c1cccs1. The third-order valence-corrected chi connectivity index (χ3v) is 3.40. The molecule has 2 aromatic rings. The number of carbonyl (C=O) groups excluding carboxylic acids is 1. The normalized spacial score (nSPS) is 10.4. The van der Waals surface area contributed by atoms with Crippen LogP contribution >= 0.6 is 11.3 Å². The molecular formula is C12H11NO3S. The van der Waals surface area contributed by atoms with Crippen molar-refractivity contribution in [3.63, 3.8) is 0 Å². The number of carbonyl (C=O) groups is 2. The third kappa shape index (κ3) is 2.29. The van der Waals surface area contributed by atoms with Crippen LogP contribution in [0.2, 0.25) is 0 Å². The van der Waals surface area contributed by atoms with Gasteiger partial charge < -0.3 is 9.67 Å². The fourth-order valence-electron chi connectivity index (χ4n) is 1.65. The van der Waals surface area contributed by atoms with Crippen molar-refractivity contribution in [3.05, 3.63) is 45.9 Å². The van der Waals surface area contributed by atoms with Crippen LogP contribution in [0, 0.1) is 0 Å². The van der Waals surface area contributed by atoms with E-state index in [1.807, 2.05) is 11.4 Å². The molecule has 0 aliphatic carbocycles. The molecule has 2 rings (SSSR count). The molecule has 0 aliphatic rings. The lowest BCUT2D eigenvalue weighted by molar-refractivity contribution is -0.136. The first-order valence-corrected chi connectivity index (χ1v) is 5.92. The number of thiophene rings is 1. The highest BCUT2D eigenvalue weighted by molar-refractivity contribution is 7.12. The highest BCUT2D eigenvalue weighted by Gasteiger charge is 2.16. The van der Waals surface area contributed by atoms with Crippen molar-refractivity contribution in [3.8, 4) is 0 Å². The lowest BCUT2D eigenvalue weighted by Gasteiger charge is -2.04. The van der Waals surface area contributed by atoms with Crippen LogP contribution in [0.4, 0.5) is 0 Å². The lowest BCUT2D eigenvalue weighted by Crippen LogP contribution is -2.10. The van der Waals surface area contributed by atoms with Gasteiger partial charge in [-0.2, -0.15) is 0 Å². The van der Waals surface area contributed by atoms with E-state index < -0.39 is 5.97 Å². The number of nitrogens with zero attached hydrogens (tertiary/aromatic N) is 1. The van der Waals surface area contributed by atoms with Crippen LogP contribution in [0.3, 0.4) is 0 Å². The number of hydrogen-bond donors (Lipinski definition) is 1. The Morgan fingerprint density at radius 1 is 1.35 bits per heavy atom. The predicted molar refractivity (Wildman–Crippen MR) is 64.5 cm³/mol. The second kappa shape index (κ2) is 4.55. The predicted octanol–water partition coefficient (Wildman–Crippen LogP) is 1.94. The second-order valence-corrected chi connectivity index (χ2v) is 4.59. The largest absolute Gasteiger partial charge is 0.481 e. The van der Waals surface area contributed by atoms with Crippen molar-refractivity contribution >= 4 is 23.1 Å². The number of carboxylic acids is 1. The summed E-state index contributed by atoms with van der Waals surface area (Å²) >= 11 is 1.38. The van der Waals surface area contributed by atoms with Crippen molar-refractivity contribution in [2.75, 3.05) is 0 Å². The Morgan fingerprint density at radius 2 is 2.12 bits per heavy atom. The number of aliphatic carboxylic acids is 1. The van der Waals surface area contributed by atoms with E-state index in [1.54, 1.807) is 29.8 Å². The third-order valence-electron chi connectivity index (χ3n) is 2.54. The molecule has 0 bridgehead atoms. The number of aromatic nitrogens is 1. The second-order valence-electron chi connectivity index (χ2n) is 3.65. The summed E-state index contributed by atoms with van der Waals surface area (Å²) in [4.78, 5) is 23.4. The first kappa shape index (κ1) is 11.6. The Morgan fingerprint density at radius 3 is 2.71 bits per heavy atom. The Labute approximate surface area is 102 Å². The molecule has 0 atom stereocenters. The van der Waals surface area contributed by atoms with Gasteiger partial charge in [-0.15, -0.1) is 11.3 Å². The van der Waals surface area contributed by atoms with Crippen LogP contribution in [-0.4, -0.2) is 21.4 Å². The van der Waals surface area contributed by atoms with Gasteiger partial charge in [-0.1, -0.05) is 6.07 Å². The number of ketones is 1. The van der Waals surface area contributed by atoms with E-state index in [0.29, 0.717) is 16.3 Å². The first-order valence-electron chi connectivity index (χ1n) is 5.04. The topological polar surface area (TPSA) is 59.3 Å². The standard InChI is InChI=1S/C12H11NO3S/c1-13-8(7-11(14)15)4-5-9(13)12(16)10-3-2-6-17-10/h2-6H,7H2,1H3,(H,14,15). The zero-order chi connectivity index (χ0) is 12.4. The molecule has 0 unspecified atom stereocenters.